The van der Waals surface area contributed by atoms with E-state index in [4.69, 9.17) is 0 Å². The molecule has 0 spiro atoms. The predicted octanol–water partition coefficient (Wildman–Crippen LogP) is 6.75. The first-order chi connectivity index (χ1) is 9.93. The van der Waals surface area contributed by atoms with Crippen molar-refractivity contribution in [2.75, 3.05) is 0 Å². The van der Waals surface area contributed by atoms with E-state index in [1.165, 1.54) is 69.8 Å². The molecule has 2 saturated carbocycles. The Kier molecular flexibility index (Phi) is 16.3. The summed E-state index contributed by atoms with van der Waals surface area (Å²) in [6, 6.07) is 10.3. The summed E-state index contributed by atoms with van der Waals surface area (Å²) < 4.78 is 0. The molecule has 2 fully saturated rings. The van der Waals surface area contributed by atoms with Crippen molar-refractivity contribution in [3.8, 4) is 0 Å². The van der Waals surface area contributed by atoms with Gasteiger partial charge in [0.15, 0.2) is 0 Å². The van der Waals surface area contributed by atoms with Gasteiger partial charge in [0.2, 0.25) is 0 Å². The van der Waals surface area contributed by atoms with Crippen LogP contribution in [0.25, 0.3) is 0 Å². The van der Waals surface area contributed by atoms with Crippen LogP contribution in [0.3, 0.4) is 0 Å². The molecule has 0 bridgehead atoms. The van der Waals surface area contributed by atoms with Crippen molar-refractivity contribution in [2.24, 2.45) is 0 Å². The van der Waals surface area contributed by atoms with Crippen LogP contribution in [0.4, 0.5) is 0 Å². The molecule has 0 aromatic heterocycles. The third kappa shape index (κ3) is 13.4. The van der Waals surface area contributed by atoms with E-state index in [-0.39, 0.29) is 26.2 Å². The van der Waals surface area contributed by atoms with Crippen molar-refractivity contribution in [3.63, 3.8) is 0 Å². The fraction of sp³-hybridized carbons (Fsp3) is 0.600. The largest absolute Gasteiger partial charge is 4.00 e. The van der Waals surface area contributed by atoms with Crippen LogP contribution in [0, 0.1) is 13.3 Å². The molecule has 0 saturated heterocycles. The molecule has 0 amide bonds. The molecule has 1 aromatic rings. The number of unbranched alkanes of at least 4 members (excludes halogenated alkanes) is 1. The standard InChI is InChI=1S/C10H12.2C5H10.Zr/c1-2-3-7-10-8-5-4-6-9-10;2*1-2-4-5-3-1;/h4-9H,1-3H2;2*1-5H2;/q-2;;;+4. The van der Waals surface area contributed by atoms with E-state index < -0.39 is 0 Å². The van der Waals surface area contributed by atoms with E-state index in [1.807, 2.05) is 6.07 Å². The van der Waals surface area contributed by atoms with Crippen LogP contribution in [0.1, 0.15) is 82.6 Å². The van der Waals surface area contributed by atoms with Gasteiger partial charge < -0.3 is 6.92 Å². The van der Waals surface area contributed by atoms with Crippen LogP contribution in [0.5, 0.6) is 0 Å². The van der Waals surface area contributed by atoms with Crippen molar-refractivity contribution in [1.82, 2.24) is 0 Å². The quantitative estimate of drug-likeness (QED) is 0.521. The maximum atomic E-state index is 3.77. The van der Waals surface area contributed by atoms with Gasteiger partial charge in [0.25, 0.3) is 0 Å². The molecule has 0 radical (unpaired) electrons. The van der Waals surface area contributed by atoms with Gasteiger partial charge in [-0.1, -0.05) is 70.3 Å². The van der Waals surface area contributed by atoms with Gasteiger partial charge in [-0.25, -0.2) is 0 Å². The molecule has 0 unspecified atom stereocenters. The third-order valence-electron chi connectivity index (χ3n) is 3.88. The zero-order valence-corrected chi connectivity index (χ0v) is 16.1. The monoisotopic (exact) mass is 362 g/mol. The molecule has 3 rings (SSSR count). The SMILES string of the molecule is C1CCCC1.C1CCCC1.[CH2-]CC[CH-]c1ccccc1.[Zr+4]. The molecule has 0 aliphatic heterocycles. The van der Waals surface area contributed by atoms with E-state index in [1.54, 1.807) is 0 Å². The van der Waals surface area contributed by atoms with Crippen molar-refractivity contribution in [2.45, 2.75) is 77.0 Å². The molecular formula is C20H32Zr+2. The molecular weight excluding hydrogens is 331 g/mol. The van der Waals surface area contributed by atoms with Gasteiger partial charge in [0, 0.05) is 0 Å². The van der Waals surface area contributed by atoms with Crippen molar-refractivity contribution >= 4 is 0 Å². The van der Waals surface area contributed by atoms with Crippen LogP contribution in [-0.2, 0) is 26.2 Å². The summed E-state index contributed by atoms with van der Waals surface area (Å²) in [6.07, 6.45) is 19.3. The van der Waals surface area contributed by atoms with E-state index in [0.29, 0.717) is 0 Å². The molecule has 1 aromatic carbocycles. The second kappa shape index (κ2) is 16.3. The second-order valence-electron chi connectivity index (χ2n) is 5.79. The Balaban J connectivity index is 0.000000307. The Morgan fingerprint density at radius 3 is 1.43 bits per heavy atom. The number of benzene rings is 1. The fourth-order valence-corrected chi connectivity index (χ4v) is 2.63. The molecule has 0 N–H and O–H groups in total. The van der Waals surface area contributed by atoms with E-state index in [9.17, 15) is 0 Å². The van der Waals surface area contributed by atoms with Gasteiger partial charge in [0.1, 0.15) is 0 Å². The average molecular weight is 364 g/mol. The smallest absolute Gasteiger partial charge is 0.344 e. The summed E-state index contributed by atoms with van der Waals surface area (Å²) in [5.41, 5.74) is 1.30. The Labute approximate surface area is 152 Å². The molecule has 21 heavy (non-hydrogen) atoms. The first-order valence-corrected chi connectivity index (χ1v) is 8.61. The van der Waals surface area contributed by atoms with Gasteiger partial charge >= 0.3 is 26.2 Å². The van der Waals surface area contributed by atoms with Gasteiger partial charge in [-0.2, -0.15) is 30.5 Å². The fourth-order valence-electron chi connectivity index (χ4n) is 2.63. The summed E-state index contributed by atoms with van der Waals surface area (Å²) in [5.74, 6) is 0. The van der Waals surface area contributed by atoms with Gasteiger partial charge in [-0.05, 0) is 0 Å². The number of hydrogen-bond donors (Lipinski definition) is 0. The first-order valence-electron chi connectivity index (χ1n) is 8.61. The predicted molar refractivity (Wildman–Crippen MR) is 90.6 cm³/mol. The van der Waals surface area contributed by atoms with E-state index in [2.05, 4.69) is 37.6 Å². The molecule has 2 aliphatic carbocycles. The van der Waals surface area contributed by atoms with Crippen LogP contribution < -0.4 is 0 Å². The van der Waals surface area contributed by atoms with Gasteiger partial charge in [-0.3, -0.25) is 0 Å². The zero-order chi connectivity index (χ0) is 14.3. The molecule has 2 aliphatic rings. The zero-order valence-electron chi connectivity index (χ0n) is 13.7. The minimum absolute atomic E-state index is 0. The summed E-state index contributed by atoms with van der Waals surface area (Å²) >= 11 is 0. The number of rotatable bonds is 3. The molecule has 1 heteroatoms. The van der Waals surface area contributed by atoms with Crippen LogP contribution in [-0.4, -0.2) is 0 Å². The summed E-state index contributed by atoms with van der Waals surface area (Å²) in [6.45, 7) is 3.77. The maximum absolute atomic E-state index is 3.77. The molecule has 0 atom stereocenters. The van der Waals surface area contributed by atoms with Crippen LogP contribution in [0.2, 0.25) is 0 Å². The van der Waals surface area contributed by atoms with Crippen molar-refractivity contribution < 1.29 is 26.2 Å². The normalized spacial score (nSPS) is 15.9. The van der Waals surface area contributed by atoms with E-state index >= 15 is 0 Å². The van der Waals surface area contributed by atoms with Crippen molar-refractivity contribution in [1.29, 1.82) is 0 Å². The van der Waals surface area contributed by atoms with Crippen molar-refractivity contribution in [3.05, 3.63) is 49.2 Å². The van der Waals surface area contributed by atoms with Gasteiger partial charge in [-0.15, -0.1) is 18.6 Å². The topological polar surface area (TPSA) is 0 Å². The second-order valence-corrected chi connectivity index (χ2v) is 5.79. The Bertz CT molecular complexity index is 261. The molecule has 114 valence electrons. The van der Waals surface area contributed by atoms with Gasteiger partial charge in [0.05, 0.1) is 0 Å². The first kappa shape index (κ1) is 21.0. The average Bonchev–Trinajstić information content (AvgIpc) is 3.23. The Hall–Kier alpha value is -0.0269. The minimum Gasteiger partial charge on any atom is -0.344 e. The third-order valence-corrected chi connectivity index (χ3v) is 3.88. The Morgan fingerprint density at radius 2 is 1.10 bits per heavy atom. The summed E-state index contributed by atoms with van der Waals surface area (Å²) in [5, 5.41) is 0. The maximum Gasteiger partial charge on any atom is 4.00 e. The minimum atomic E-state index is 0. The van der Waals surface area contributed by atoms with Crippen LogP contribution in [0.15, 0.2) is 30.3 Å². The van der Waals surface area contributed by atoms with Crippen LogP contribution >= 0.6 is 0 Å². The molecule has 0 heterocycles. The van der Waals surface area contributed by atoms with E-state index in [0.717, 1.165) is 12.8 Å². The summed E-state index contributed by atoms with van der Waals surface area (Å²) in [4.78, 5) is 0. The molecule has 0 nitrogen and oxygen atoms in total. The summed E-state index contributed by atoms with van der Waals surface area (Å²) in [7, 11) is 0. The Morgan fingerprint density at radius 1 is 0.714 bits per heavy atom. The number of hydrogen-bond acceptors (Lipinski definition) is 0.